The van der Waals surface area contributed by atoms with Crippen LogP contribution in [0.5, 0.6) is 0 Å². The minimum atomic E-state index is -0.373. The van der Waals surface area contributed by atoms with E-state index in [1.165, 1.54) is 0 Å². The van der Waals surface area contributed by atoms with Crippen molar-refractivity contribution in [1.82, 2.24) is 20.0 Å². The Morgan fingerprint density at radius 2 is 1.92 bits per heavy atom. The fourth-order valence-corrected chi connectivity index (χ4v) is 4.75. The zero-order chi connectivity index (χ0) is 27.0. The molecule has 0 radical (unpaired) electrons. The van der Waals surface area contributed by atoms with Crippen molar-refractivity contribution in [2.75, 3.05) is 17.2 Å². The second-order valence-electron chi connectivity index (χ2n) is 11.0. The van der Waals surface area contributed by atoms with Crippen LogP contribution in [0.1, 0.15) is 73.6 Å². The number of aromatic nitrogens is 4. The van der Waals surface area contributed by atoms with Gasteiger partial charge in [-0.15, -0.1) is 5.10 Å². The first-order chi connectivity index (χ1) is 18.2. The van der Waals surface area contributed by atoms with Crippen LogP contribution in [0.15, 0.2) is 42.7 Å². The molecule has 1 saturated carbocycles. The van der Waals surface area contributed by atoms with E-state index >= 15 is 0 Å². The van der Waals surface area contributed by atoms with Gasteiger partial charge in [-0.2, -0.15) is 10.5 Å². The Morgan fingerprint density at radius 1 is 1.16 bits per heavy atom. The summed E-state index contributed by atoms with van der Waals surface area (Å²) in [6.45, 7) is 9.01. The molecule has 1 unspecified atom stereocenters. The average Bonchev–Trinajstić information content (AvgIpc) is 3.62. The monoisotopic (exact) mass is 524 g/mol. The largest absolute Gasteiger partial charge is 0.383 e. The molecule has 1 aliphatic carbocycles. The van der Waals surface area contributed by atoms with Crippen LogP contribution in [0.3, 0.4) is 0 Å². The smallest absolute Gasteiger partial charge is 0.109 e. The first kappa shape index (κ1) is 25.5. The van der Waals surface area contributed by atoms with Crippen LogP contribution in [0.2, 0.25) is 5.02 Å². The number of hydrogen-bond donors (Lipinski definition) is 2. The van der Waals surface area contributed by atoms with Crippen molar-refractivity contribution < 1.29 is 0 Å². The van der Waals surface area contributed by atoms with Gasteiger partial charge in [-0.05, 0) is 54.5 Å². The third kappa shape index (κ3) is 5.14. The fraction of sp³-hybridized carbons (Fsp3) is 0.345. The van der Waals surface area contributed by atoms with Gasteiger partial charge in [0, 0.05) is 23.8 Å². The molecule has 5 rings (SSSR count). The van der Waals surface area contributed by atoms with Crippen molar-refractivity contribution in [3.05, 3.63) is 75.7 Å². The van der Waals surface area contributed by atoms with E-state index in [0.717, 1.165) is 40.7 Å². The Hall–Kier alpha value is -4.14. The van der Waals surface area contributed by atoms with Crippen LogP contribution in [0.25, 0.3) is 10.9 Å². The Labute approximate surface area is 227 Å². The molecule has 192 valence electrons. The topological polar surface area (TPSA) is 115 Å². The van der Waals surface area contributed by atoms with Gasteiger partial charge < -0.3 is 10.6 Å². The molecule has 2 heterocycles. The van der Waals surface area contributed by atoms with Gasteiger partial charge in [-0.25, -0.2) is 4.68 Å². The maximum atomic E-state index is 9.80. The molecule has 2 aromatic heterocycles. The van der Waals surface area contributed by atoms with Crippen LogP contribution in [-0.4, -0.2) is 26.5 Å². The lowest BCUT2D eigenvalue weighted by Crippen LogP contribution is -2.20. The van der Waals surface area contributed by atoms with Crippen LogP contribution in [0.4, 0.5) is 11.4 Å². The standard InChI is InChI=1S/C29H29ClN8/c1-17-18(12-31)6-5-7-22(17)28(25-15-38(37-36-25)21-8-9-21)35-20-10-23-26(34-16-29(2,3)4)19(13-32)14-33-27(23)24(30)11-20/h5-7,10-11,14-15,21,28,35H,8-9,16H2,1-4H3,(H,33,34). The van der Waals surface area contributed by atoms with Crippen LogP contribution >= 0.6 is 11.6 Å². The van der Waals surface area contributed by atoms with Crippen molar-refractivity contribution in [1.29, 1.82) is 10.5 Å². The van der Waals surface area contributed by atoms with E-state index < -0.39 is 0 Å². The number of nitriles is 2. The van der Waals surface area contributed by atoms with Gasteiger partial charge in [0.1, 0.15) is 11.8 Å². The molecule has 2 N–H and O–H groups in total. The van der Waals surface area contributed by atoms with E-state index in [1.807, 2.05) is 48.1 Å². The number of pyridine rings is 1. The molecule has 1 aliphatic rings. The SMILES string of the molecule is Cc1c(C#N)cccc1C(Nc1cc(Cl)c2ncc(C#N)c(NCC(C)(C)C)c2c1)c1cn(C2CC2)nn1. The first-order valence-electron chi connectivity index (χ1n) is 12.6. The van der Waals surface area contributed by atoms with Gasteiger partial charge in [-0.1, -0.05) is 49.7 Å². The van der Waals surface area contributed by atoms with Gasteiger partial charge >= 0.3 is 0 Å². The third-order valence-electron chi connectivity index (χ3n) is 6.70. The Bertz CT molecular complexity index is 1600. The molecule has 9 heteroatoms. The lowest BCUT2D eigenvalue weighted by molar-refractivity contribution is 0.443. The maximum absolute atomic E-state index is 9.80. The lowest BCUT2D eigenvalue weighted by atomic mass is 9.95. The highest BCUT2D eigenvalue weighted by atomic mass is 35.5. The van der Waals surface area contributed by atoms with Crippen LogP contribution in [-0.2, 0) is 0 Å². The zero-order valence-electron chi connectivity index (χ0n) is 21.9. The van der Waals surface area contributed by atoms with E-state index in [-0.39, 0.29) is 11.5 Å². The van der Waals surface area contributed by atoms with Crippen molar-refractivity contribution in [2.45, 2.75) is 52.6 Å². The summed E-state index contributed by atoms with van der Waals surface area (Å²) < 4.78 is 1.92. The molecule has 1 fully saturated rings. The minimum absolute atomic E-state index is 0.00371. The molecule has 0 saturated heterocycles. The van der Waals surface area contributed by atoms with E-state index in [9.17, 15) is 10.5 Å². The third-order valence-corrected chi connectivity index (χ3v) is 6.99. The highest BCUT2D eigenvalue weighted by Gasteiger charge is 2.28. The van der Waals surface area contributed by atoms with Crippen LogP contribution < -0.4 is 10.6 Å². The number of fused-ring (bicyclic) bond motifs is 1. The summed E-state index contributed by atoms with van der Waals surface area (Å²) in [5.41, 5.74) is 5.69. The Kier molecular flexibility index (Phi) is 6.69. The lowest BCUT2D eigenvalue weighted by Gasteiger charge is -2.23. The number of anilines is 2. The predicted octanol–water partition coefficient (Wildman–Crippen LogP) is 6.53. The number of benzene rings is 2. The van der Waals surface area contributed by atoms with Crippen molar-refractivity contribution in [3.8, 4) is 12.1 Å². The minimum Gasteiger partial charge on any atom is -0.383 e. The normalized spacial score (nSPS) is 14.1. The Balaban J connectivity index is 1.62. The van der Waals surface area contributed by atoms with E-state index in [0.29, 0.717) is 39.9 Å². The second kappa shape index (κ2) is 9.96. The number of nitrogens with zero attached hydrogens (tertiary/aromatic N) is 6. The summed E-state index contributed by atoms with van der Waals surface area (Å²) in [7, 11) is 0. The molecule has 0 spiro atoms. The highest BCUT2D eigenvalue weighted by Crippen LogP contribution is 2.38. The maximum Gasteiger partial charge on any atom is 0.109 e. The predicted molar refractivity (Wildman–Crippen MR) is 149 cm³/mol. The summed E-state index contributed by atoms with van der Waals surface area (Å²) in [6, 6.07) is 14.0. The fourth-order valence-electron chi connectivity index (χ4n) is 4.48. The van der Waals surface area contributed by atoms with E-state index in [1.54, 1.807) is 6.20 Å². The molecule has 38 heavy (non-hydrogen) atoms. The number of halogens is 1. The summed E-state index contributed by atoms with van der Waals surface area (Å²) in [5, 5.41) is 36.6. The summed E-state index contributed by atoms with van der Waals surface area (Å²) in [5.74, 6) is 0. The first-order valence-corrected chi connectivity index (χ1v) is 13.0. The number of nitrogens with one attached hydrogen (secondary N) is 2. The summed E-state index contributed by atoms with van der Waals surface area (Å²) >= 11 is 6.74. The Morgan fingerprint density at radius 3 is 2.61 bits per heavy atom. The number of hydrogen-bond acceptors (Lipinski definition) is 7. The molecule has 4 aromatic rings. The van der Waals surface area contributed by atoms with Gasteiger partial charge in [0.25, 0.3) is 0 Å². The molecule has 2 aromatic carbocycles. The van der Waals surface area contributed by atoms with Gasteiger partial charge in [-0.3, -0.25) is 4.98 Å². The van der Waals surface area contributed by atoms with Gasteiger partial charge in [0.2, 0.25) is 0 Å². The quantitative estimate of drug-likeness (QED) is 0.282. The zero-order valence-corrected chi connectivity index (χ0v) is 22.6. The molecule has 0 bridgehead atoms. The van der Waals surface area contributed by atoms with Crippen LogP contribution in [0, 0.1) is 35.0 Å². The average molecular weight is 525 g/mol. The molecule has 0 aliphatic heterocycles. The molecular weight excluding hydrogens is 496 g/mol. The van der Waals surface area contributed by atoms with E-state index in [4.69, 9.17) is 11.6 Å². The molecule has 0 amide bonds. The van der Waals surface area contributed by atoms with Gasteiger partial charge in [0.15, 0.2) is 0 Å². The van der Waals surface area contributed by atoms with Crippen molar-refractivity contribution in [2.24, 2.45) is 5.41 Å². The van der Waals surface area contributed by atoms with E-state index in [2.05, 4.69) is 58.8 Å². The van der Waals surface area contributed by atoms with Crippen molar-refractivity contribution >= 4 is 33.9 Å². The summed E-state index contributed by atoms with van der Waals surface area (Å²) in [4.78, 5) is 4.48. The summed E-state index contributed by atoms with van der Waals surface area (Å²) in [6.07, 6.45) is 5.73. The molecule has 1 atom stereocenters. The van der Waals surface area contributed by atoms with Crippen molar-refractivity contribution in [3.63, 3.8) is 0 Å². The van der Waals surface area contributed by atoms with Gasteiger partial charge in [0.05, 0.1) is 51.7 Å². The second-order valence-corrected chi connectivity index (χ2v) is 11.4. The molecular formula is C29H29ClN8. The molecule has 8 nitrogen and oxygen atoms in total. The highest BCUT2D eigenvalue weighted by molar-refractivity contribution is 6.35. The number of rotatable bonds is 7.